The SMILES string of the molecule is COC(=O)N[C@@H]1C[C@H]2C=C[C@@H]1[C@H]1C=C[C@@H]12. The summed E-state index contributed by atoms with van der Waals surface area (Å²) in [6.45, 7) is 0. The zero-order chi connectivity index (χ0) is 10.4. The van der Waals surface area contributed by atoms with Crippen LogP contribution in [0.3, 0.4) is 0 Å². The molecule has 0 aliphatic heterocycles. The number of fused-ring (bicyclic) bond motifs is 1. The maximum absolute atomic E-state index is 11.2. The smallest absolute Gasteiger partial charge is 0.407 e. The Labute approximate surface area is 89.2 Å². The quantitative estimate of drug-likeness (QED) is 0.662. The van der Waals surface area contributed by atoms with Gasteiger partial charge in [0.1, 0.15) is 0 Å². The lowest BCUT2D eigenvalue weighted by Gasteiger charge is -2.51. The van der Waals surface area contributed by atoms with E-state index in [0.717, 1.165) is 12.3 Å². The molecule has 15 heavy (non-hydrogen) atoms. The molecule has 4 aliphatic rings. The molecule has 80 valence electrons. The van der Waals surface area contributed by atoms with E-state index in [0.29, 0.717) is 17.8 Å². The van der Waals surface area contributed by atoms with Gasteiger partial charge in [0, 0.05) is 12.0 Å². The Balaban J connectivity index is 1.76. The highest BCUT2D eigenvalue weighted by Gasteiger charge is 2.47. The number of nitrogens with one attached hydrogen (secondary N) is 1. The molecule has 0 unspecified atom stereocenters. The van der Waals surface area contributed by atoms with Gasteiger partial charge in [0.05, 0.1) is 7.11 Å². The average Bonchev–Trinajstić information content (AvgIpc) is 2.18. The van der Waals surface area contributed by atoms with Crippen LogP contribution >= 0.6 is 0 Å². The molecule has 1 fully saturated rings. The summed E-state index contributed by atoms with van der Waals surface area (Å²) in [5.74, 6) is 2.47. The van der Waals surface area contributed by atoms with Gasteiger partial charge < -0.3 is 10.1 Å². The van der Waals surface area contributed by atoms with Crippen molar-refractivity contribution in [2.75, 3.05) is 7.11 Å². The van der Waals surface area contributed by atoms with E-state index >= 15 is 0 Å². The van der Waals surface area contributed by atoms with Crippen molar-refractivity contribution in [3.63, 3.8) is 0 Å². The molecule has 4 aliphatic carbocycles. The molecule has 2 bridgehead atoms. The van der Waals surface area contributed by atoms with Crippen molar-refractivity contribution in [2.24, 2.45) is 23.7 Å². The normalized spacial score (nSPS) is 44.5. The van der Waals surface area contributed by atoms with Gasteiger partial charge in [-0.1, -0.05) is 24.3 Å². The third-order valence-electron chi connectivity index (χ3n) is 4.00. The Hall–Kier alpha value is -1.25. The number of methoxy groups -OCH3 is 1. The molecule has 0 heterocycles. The predicted octanol–water partition coefficient (Wildman–Crippen LogP) is 1.72. The van der Waals surface area contributed by atoms with Gasteiger partial charge in [0.2, 0.25) is 0 Å². The van der Waals surface area contributed by atoms with Gasteiger partial charge in [0.25, 0.3) is 0 Å². The summed E-state index contributed by atoms with van der Waals surface area (Å²) in [6.07, 6.45) is 9.91. The highest BCUT2D eigenvalue weighted by atomic mass is 16.5. The molecule has 0 spiro atoms. The van der Waals surface area contributed by atoms with E-state index in [9.17, 15) is 4.79 Å². The van der Waals surface area contributed by atoms with Crippen molar-refractivity contribution in [3.05, 3.63) is 24.3 Å². The largest absolute Gasteiger partial charge is 0.453 e. The van der Waals surface area contributed by atoms with Gasteiger partial charge in [-0.25, -0.2) is 4.79 Å². The Morgan fingerprint density at radius 2 is 1.93 bits per heavy atom. The first-order valence-corrected chi connectivity index (χ1v) is 5.51. The number of hydrogen-bond donors (Lipinski definition) is 1. The molecule has 4 rings (SSSR count). The van der Waals surface area contributed by atoms with Gasteiger partial charge in [0.15, 0.2) is 0 Å². The fraction of sp³-hybridized carbons (Fsp3) is 0.583. The van der Waals surface area contributed by atoms with Crippen molar-refractivity contribution in [1.29, 1.82) is 0 Å². The topological polar surface area (TPSA) is 38.3 Å². The lowest BCUT2D eigenvalue weighted by atomic mass is 9.56. The van der Waals surface area contributed by atoms with Crippen molar-refractivity contribution in [1.82, 2.24) is 5.32 Å². The molecular weight excluding hydrogens is 190 g/mol. The summed E-state index contributed by atoms with van der Waals surface area (Å²) in [5, 5.41) is 2.94. The summed E-state index contributed by atoms with van der Waals surface area (Å²) >= 11 is 0. The third-order valence-corrected chi connectivity index (χ3v) is 4.00. The second-order valence-corrected chi connectivity index (χ2v) is 4.64. The molecule has 0 saturated heterocycles. The van der Waals surface area contributed by atoms with Crippen LogP contribution in [0.4, 0.5) is 4.79 Å². The number of ether oxygens (including phenoxy) is 1. The second kappa shape index (κ2) is 3.12. The number of amides is 1. The second-order valence-electron chi connectivity index (χ2n) is 4.64. The molecule has 0 aromatic rings. The summed E-state index contributed by atoms with van der Waals surface area (Å²) < 4.78 is 4.65. The summed E-state index contributed by atoms with van der Waals surface area (Å²) in [7, 11) is 1.41. The fourth-order valence-corrected chi connectivity index (χ4v) is 3.16. The van der Waals surface area contributed by atoms with E-state index in [4.69, 9.17) is 0 Å². The van der Waals surface area contributed by atoms with Crippen LogP contribution in [0.25, 0.3) is 0 Å². The monoisotopic (exact) mass is 205 g/mol. The first kappa shape index (κ1) is 9.01. The highest BCUT2D eigenvalue weighted by Crippen LogP contribution is 2.50. The van der Waals surface area contributed by atoms with Crippen LogP contribution < -0.4 is 5.32 Å². The van der Waals surface area contributed by atoms with Gasteiger partial charge >= 0.3 is 6.09 Å². The molecular formula is C12H15NO2. The minimum atomic E-state index is -0.305. The van der Waals surface area contributed by atoms with Crippen molar-refractivity contribution in [2.45, 2.75) is 12.5 Å². The minimum Gasteiger partial charge on any atom is -0.453 e. The number of allylic oxidation sites excluding steroid dienone is 3. The third kappa shape index (κ3) is 1.22. The molecule has 1 amide bonds. The Bertz CT molecular complexity index is 348. The van der Waals surface area contributed by atoms with E-state index in [1.165, 1.54) is 7.11 Å². The molecule has 0 aromatic heterocycles. The minimum absolute atomic E-state index is 0.263. The number of rotatable bonds is 1. The van der Waals surface area contributed by atoms with Crippen LogP contribution in [0.15, 0.2) is 24.3 Å². The number of carbonyl (C=O) groups excluding carboxylic acids is 1. The molecule has 5 atom stereocenters. The van der Waals surface area contributed by atoms with E-state index in [2.05, 4.69) is 34.4 Å². The fourth-order valence-electron chi connectivity index (χ4n) is 3.16. The van der Waals surface area contributed by atoms with Crippen LogP contribution in [-0.2, 0) is 4.74 Å². The highest BCUT2D eigenvalue weighted by molar-refractivity contribution is 5.67. The van der Waals surface area contributed by atoms with E-state index < -0.39 is 0 Å². The Kier molecular flexibility index (Phi) is 1.87. The van der Waals surface area contributed by atoms with Crippen LogP contribution in [0.2, 0.25) is 0 Å². The Morgan fingerprint density at radius 3 is 2.53 bits per heavy atom. The zero-order valence-electron chi connectivity index (χ0n) is 8.72. The van der Waals surface area contributed by atoms with E-state index in [-0.39, 0.29) is 12.1 Å². The number of alkyl carbamates (subject to hydrolysis) is 1. The molecule has 0 radical (unpaired) electrons. The van der Waals surface area contributed by atoms with Gasteiger partial charge in [-0.15, -0.1) is 0 Å². The number of hydrogen-bond acceptors (Lipinski definition) is 2. The molecule has 3 nitrogen and oxygen atoms in total. The summed E-state index contributed by atoms with van der Waals surface area (Å²) in [6, 6.07) is 0.263. The standard InChI is InChI=1S/C12H15NO2/c1-15-12(14)13-11-6-7-2-3-10(11)9-5-4-8(7)9/h2-5,7-11H,6H2,1H3,(H,13,14)/t7-,8-,9+,10-,11-/m1/s1. The molecule has 3 heteroatoms. The lowest BCUT2D eigenvalue weighted by molar-refractivity contribution is 0.113. The maximum Gasteiger partial charge on any atom is 0.407 e. The molecule has 0 aromatic carbocycles. The van der Waals surface area contributed by atoms with Crippen LogP contribution in [0, 0.1) is 23.7 Å². The van der Waals surface area contributed by atoms with Gasteiger partial charge in [-0.2, -0.15) is 0 Å². The van der Waals surface area contributed by atoms with Crippen molar-refractivity contribution in [3.8, 4) is 0 Å². The summed E-state index contributed by atoms with van der Waals surface area (Å²) in [5.41, 5.74) is 0. The lowest BCUT2D eigenvalue weighted by Crippen LogP contribution is -2.53. The van der Waals surface area contributed by atoms with Gasteiger partial charge in [-0.3, -0.25) is 0 Å². The Morgan fingerprint density at radius 1 is 1.20 bits per heavy atom. The van der Waals surface area contributed by atoms with Crippen LogP contribution in [0.5, 0.6) is 0 Å². The van der Waals surface area contributed by atoms with Crippen LogP contribution in [-0.4, -0.2) is 19.2 Å². The van der Waals surface area contributed by atoms with Crippen molar-refractivity contribution >= 4 is 6.09 Å². The maximum atomic E-state index is 11.2. The van der Waals surface area contributed by atoms with E-state index in [1.807, 2.05) is 0 Å². The average molecular weight is 205 g/mol. The molecule has 1 saturated carbocycles. The van der Waals surface area contributed by atoms with E-state index in [1.54, 1.807) is 0 Å². The van der Waals surface area contributed by atoms with Crippen molar-refractivity contribution < 1.29 is 9.53 Å². The van der Waals surface area contributed by atoms with Crippen LogP contribution in [0.1, 0.15) is 6.42 Å². The first-order valence-electron chi connectivity index (χ1n) is 5.51. The molecule has 1 N–H and O–H groups in total. The predicted molar refractivity (Wildman–Crippen MR) is 56.2 cm³/mol. The summed E-state index contributed by atoms with van der Waals surface area (Å²) in [4.78, 5) is 11.2. The van der Waals surface area contributed by atoms with Gasteiger partial charge in [-0.05, 0) is 24.2 Å². The number of carbonyl (C=O) groups is 1. The zero-order valence-corrected chi connectivity index (χ0v) is 8.72. The first-order chi connectivity index (χ1) is 7.29.